The van der Waals surface area contributed by atoms with Crippen LogP contribution in [0, 0.1) is 0 Å². The summed E-state index contributed by atoms with van der Waals surface area (Å²) in [5.41, 5.74) is 0. The summed E-state index contributed by atoms with van der Waals surface area (Å²) >= 11 is 0. The maximum Gasteiger partial charge on any atom is 0.242 e. The first-order valence-corrected chi connectivity index (χ1v) is 11.3. The summed E-state index contributed by atoms with van der Waals surface area (Å²) in [6.45, 7) is 5.30. The smallest absolute Gasteiger partial charge is 0.242 e. The molecule has 1 aliphatic heterocycles. The van der Waals surface area contributed by atoms with Crippen molar-refractivity contribution in [3.63, 3.8) is 0 Å². The number of piperidine rings is 1. The summed E-state index contributed by atoms with van der Waals surface area (Å²) in [6, 6.07) is 3.35. The predicted octanol–water partition coefficient (Wildman–Crippen LogP) is -0.257. The first-order chi connectivity index (χ1) is 13.9. The van der Waals surface area contributed by atoms with Gasteiger partial charge in [0.1, 0.15) is 4.90 Å². The molecule has 1 aromatic rings. The quantitative estimate of drug-likeness (QED) is 0.144. The monoisotopic (exact) mass is 553 g/mol. The number of pyridine rings is 1. The van der Waals surface area contributed by atoms with Crippen molar-refractivity contribution in [1.29, 1.82) is 0 Å². The first kappa shape index (κ1) is 26.5. The Morgan fingerprint density at radius 2 is 2.07 bits per heavy atom. The molecule has 0 bridgehead atoms. The number of guanidine groups is 1. The van der Waals surface area contributed by atoms with Crippen LogP contribution >= 0.6 is 24.0 Å². The Hall–Kier alpha value is -1.51. The fraction of sp³-hybridized carbons (Fsp3) is 0.611. The summed E-state index contributed by atoms with van der Waals surface area (Å²) in [7, 11) is -1.93. The van der Waals surface area contributed by atoms with Crippen molar-refractivity contribution >= 4 is 45.9 Å². The molecule has 0 spiro atoms. The SMILES string of the molecule is CCNC(=NCCNS(=O)(=O)c1cccnc1)NC1CCN(CC(=O)NC)CC1.I. The first-order valence-electron chi connectivity index (χ1n) is 9.82. The third kappa shape index (κ3) is 9.10. The van der Waals surface area contributed by atoms with Gasteiger partial charge in [-0.2, -0.15) is 0 Å². The number of aromatic nitrogens is 1. The Morgan fingerprint density at radius 3 is 2.67 bits per heavy atom. The van der Waals surface area contributed by atoms with Crippen LogP contribution in [0.1, 0.15) is 19.8 Å². The van der Waals surface area contributed by atoms with E-state index in [0.717, 1.165) is 25.9 Å². The van der Waals surface area contributed by atoms with Crippen molar-refractivity contribution in [2.45, 2.75) is 30.7 Å². The molecule has 12 heteroatoms. The molecule has 2 heterocycles. The van der Waals surface area contributed by atoms with Gasteiger partial charge in [-0.25, -0.2) is 13.1 Å². The van der Waals surface area contributed by atoms with E-state index in [2.05, 4.69) is 35.5 Å². The molecule has 0 atom stereocenters. The van der Waals surface area contributed by atoms with Gasteiger partial charge < -0.3 is 16.0 Å². The lowest BCUT2D eigenvalue weighted by molar-refractivity contribution is -0.122. The fourth-order valence-electron chi connectivity index (χ4n) is 2.97. The standard InChI is InChI=1S/C18H31N7O3S.HI/c1-3-21-18(24-15-6-11-25(12-7-15)14-17(26)19-2)22-9-10-23-29(27,28)16-5-4-8-20-13-16;/h4-5,8,13,15,23H,3,6-7,9-12,14H2,1-2H3,(H,19,26)(H2,21,22,24);1H. The summed E-state index contributed by atoms with van der Waals surface area (Å²) < 4.78 is 26.9. The van der Waals surface area contributed by atoms with Gasteiger partial charge in [-0.15, -0.1) is 24.0 Å². The molecule has 30 heavy (non-hydrogen) atoms. The second kappa shape index (κ2) is 13.7. The summed E-state index contributed by atoms with van der Waals surface area (Å²) in [4.78, 5) is 22.0. The van der Waals surface area contributed by atoms with Gasteiger partial charge in [-0.05, 0) is 31.9 Å². The number of amides is 1. The molecule has 0 saturated carbocycles. The van der Waals surface area contributed by atoms with Crippen LogP contribution in [0.3, 0.4) is 0 Å². The van der Waals surface area contributed by atoms with E-state index in [9.17, 15) is 13.2 Å². The molecular formula is C18H32IN7O3S. The zero-order valence-electron chi connectivity index (χ0n) is 17.4. The Morgan fingerprint density at radius 1 is 1.33 bits per heavy atom. The van der Waals surface area contributed by atoms with Crippen molar-refractivity contribution < 1.29 is 13.2 Å². The van der Waals surface area contributed by atoms with Gasteiger partial charge in [0.05, 0.1) is 13.1 Å². The number of hydrogen-bond acceptors (Lipinski definition) is 6. The van der Waals surface area contributed by atoms with E-state index in [1.165, 1.54) is 18.5 Å². The van der Waals surface area contributed by atoms with Crippen LogP contribution in [-0.2, 0) is 14.8 Å². The van der Waals surface area contributed by atoms with Crippen LogP contribution in [0.15, 0.2) is 34.4 Å². The molecule has 1 fully saturated rings. The van der Waals surface area contributed by atoms with Crippen LogP contribution in [-0.4, -0.2) is 82.5 Å². The average Bonchev–Trinajstić information content (AvgIpc) is 2.73. The number of nitrogens with one attached hydrogen (secondary N) is 4. The number of carbonyl (C=O) groups excluding carboxylic acids is 1. The average molecular weight is 553 g/mol. The predicted molar refractivity (Wildman–Crippen MR) is 127 cm³/mol. The Kier molecular flexibility index (Phi) is 12.1. The number of rotatable bonds is 9. The van der Waals surface area contributed by atoms with E-state index < -0.39 is 10.0 Å². The molecule has 1 amide bonds. The van der Waals surface area contributed by atoms with Crippen LogP contribution in [0.4, 0.5) is 0 Å². The molecule has 0 aliphatic carbocycles. The number of nitrogens with zero attached hydrogens (tertiary/aromatic N) is 3. The number of sulfonamides is 1. The third-order valence-electron chi connectivity index (χ3n) is 4.54. The highest BCUT2D eigenvalue weighted by molar-refractivity contribution is 14.0. The maximum atomic E-state index is 12.2. The number of hydrogen-bond donors (Lipinski definition) is 4. The van der Waals surface area contributed by atoms with Crippen LogP contribution in [0.2, 0.25) is 0 Å². The Labute approximate surface area is 195 Å². The maximum absolute atomic E-state index is 12.2. The second-order valence-corrected chi connectivity index (χ2v) is 8.48. The fourth-order valence-corrected chi connectivity index (χ4v) is 3.95. The van der Waals surface area contributed by atoms with Crippen molar-refractivity contribution in [2.24, 2.45) is 4.99 Å². The Bertz CT molecular complexity index is 769. The minimum atomic E-state index is -3.58. The summed E-state index contributed by atoms with van der Waals surface area (Å²) in [5, 5.41) is 9.23. The van der Waals surface area contributed by atoms with Gasteiger partial charge in [0, 0.05) is 51.7 Å². The third-order valence-corrected chi connectivity index (χ3v) is 5.98. The topological polar surface area (TPSA) is 128 Å². The normalized spacial score (nSPS) is 15.9. The van der Waals surface area contributed by atoms with Crippen molar-refractivity contribution in [1.82, 2.24) is 30.6 Å². The molecule has 2 rings (SSSR count). The van der Waals surface area contributed by atoms with Gasteiger partial charge in [0.15, 0.2) is 5.96 Å². The highest BCUT2D eigenvalue weighted by Crippen LogP contribution is 2.10. The molecule has 170 valence electrons. The van der Waals surface area contributed by atoms with E-state index >= 15 is 0 Å². The van der Waals surface area contributed by atoms with E-state index in [1.807, 2.05) is 6.92 Å². The zero-order chi connectivity index (χ0) is 21.1. The van der Waals surface area contributed by atoms with Crippen molar-refractivity contribution in [2.75, 3.05) is 46.3 Å². The molecule has 1 saturated heterocycles. The van der Waals surface area contributed by atoms with E-state index in [-0.39, 0.29) is 47.4 Å². The molecular weight excluding hydrogens is 521 g/mol. The molecule has 10 nitrogen and oxygen atoms in total. The van der Waals surface area contributed by atoms with Gasteiger partial charge >= 0.3 is 0 Å². The minimum absolute atomic E-state index is 0. The highest BCUT2D eigenvalue weighted by atomic mass is 127. The van der Waals surface area contributed by atoms with E-state index in [1.54, 1.807) is 13.1 Å². The number of aliphatic imine (C=N–C) groups is 1. The number of likely N-dealkylation sites (N-methyl/N-ethyl adjacent to an activating group) is 1. The number of halogens is 1. The van der Waals surface area contributed by atoms with Crippen LogP contribution in [0.5, 0.6) is 0 Å². The van der Waals surface area contributed by atoms with Crippen molar-refractivity contribution in [3.8, 4) is 0 Å². The Balaban J connectivity index is 0.00000450. The van der Waals surface area contributed by atoms with Crippen LogP contribution < -0.4 is 20.7 Å². The highest BCUT2D eigenvalue weighted by Gasteiger charge is 2.21. The molecule has 0 aromatic carbocycles. The van der Waals surface area contributed by atoms with E-state index in [4.69, 9.17) is 0 Å². The molecule has 1 aliphatic rings. The molecule has 0 unspecified atom stereocenters. The number of carbonyl (C=O) groups is 1. The summed E-state index contributed by atoms with van der Waals surface area (Å²) in [5.74, 6) is 0.692. The summed E-state index contributed by atoms with van der Waals surface area (Å²) in [6.07, 6.45) is 4.67. The zero-order valence-corrected chi connectivity index (χ0v) is 20.6. The second-order valence-electron chi connectivity index (χ2n) is 6.72. The lowest BCUT2D eigenvalue weighted by Crippen LogP contribution is -2.50. The molecule has 0 radical (unpaired) electrons. The van der Waals surface area contributed by atoms with Gasteiger partial charge in [0.2, 0.25) is 15.9 Å². The lowest BCUT2D eigenvalue weighted by Gasteiger charge is -2.32. The molecule has 1 aromatic heterocycles. The van der Waals surface area contributed by atoms with Gasteiger partial charge in [-0.3, -0.25) is 19.7 Å². The molecule has 4 N–H and O–H groups in total. The van der Waals surface area contributed by atoms with Gasteiger partial charge in [0.25, 0.3) is 0 Å². The van der Waals surface area contributed by atoms with Crippen LogP contribution in [0.25, 0.3) is 0 Å². The van der Waals surface area contributed by atoms with Crippen molar-refractivity contribution in [3.05, 3.63) is 24.5 Å². The van der Waals surface area contributed by atoms with E-state index in [0.29, 0.717) is 25.6 Å². The largest absolute Gasteiger partial charge is 0.358 e. The number of likely N-dealkylation sites (tertiary alicyclic amines) is 1. The van der Waals surface area contributed by atoms with Gasteiger partial charge in [-0.1, -0.05) is 0 Å². The lowest BCUT2D eigenvalue weighted by atomic mass is 10.1. The minimum Gasteiger partial charge on any atom is -0.358 e.